The van der Waals surface area contributed by atoms with Crippen LogP contribution >= 0.6 is 11.3 Å². The number of rotatable bonds is 6. The van der Waals surface area contributed by atoms with Crippen LogP contribution in [0.1, 0.15) is 13.3 Å². The number of fused-ring (bicyclic) bond motifs is 1. The molecule has 3 aromatic rings. The lowest BCUT2D eigenvalue weighted by Gasteiger charge is -2.20. The number of aromatic nitrogens is 1. The van der Waals surface area contributed by atoms with E-state index in [0.717, 1.165) is 16.0 Å². The maximum atomic E-state index is 12.8. The van der Waals surface area contributed by atoms with Crippen LogP contribution in [0.3, 0.4) is 0 Å². The lowest BCUT2D eigenvalue weighted by molar-refractivity contribution is -0.122. The zero-order chi connectivity index (χ0) is 20.4. The maximum absolute atomic E-state index is 12.8. The van der Waals surface area contributed by atoms with Crippen LogP contribution in [0.15, 0.2) is 42.5 Å². The van der Waals surface area contributed by atoms with E-state index in [2.05, 4.69) is 10.3 Å². The molecule has 2 amide bonds. The van der Waals surface area contributed by atoms with Crippen molar-refractivity contribution in [2.75, 3.05) is 30.5 Å². The van der Waals surface area contributed by atoms with Gasteiger partial charge in [0.05, 0.1) is 35.5 Å². The van der Waals surface area contributed by atoms with Crippen LogP contribution in [-0.4, -0.2) is 37.1 Å². The van der Waals surface area contributed by atoms with Gasteiger partial charge < -0.3 is 19.7 Å². The summed E-state index contributed by atoms with van der Waals surface area (Å²) in [5, 5.41) is 3.37. The van der Waals surface area contributed by atoms with Gasteiger partial charge in [0.15, 0.2) is 5.13 Å². The molecule has 1 unspecified atom stereocenters. The van der Waals surface area contributed by atoms with Crippen LogP contribution in [0.25, 0.3) is 10.2 Å². The fourth-order valence-electron chi connectivity index (χ4n) is 3.37. The molecule has 2 aromatic carbocycles. The van der Waals surface area contributed by atoms with E-state index in [0.29, 0.717) is 29.7 Å². The Morgan fingerprint density at radius 2 is 2.14 bits per heavy atom. The highest BCUT2D eigenvalue weighted by Crippen LogP contribution is 2.34. The van der Waals surface area contributed by atoms with E-state index in [-0.39, 0.29) is 18.2 Å². The van der Waals surface area contributed by atoms with Crippen LogP contribution < -0.4 is 19.7 Å². The summed E-state index contributed by atoms with van der Waals surface area (Å²) < 4.78 is 11.8. The summed E-state index contributed by atoms with van der Waals surface area (Å²) in [4.78, 5) is 31.4. The minimum absolute atomic E-state index is 0.0914. The Hall–Kier alpha value is -3.13. The molecule has 1 N–H and O–H groups in total. The number of thiazole rings is 1. The summed E-state index contributed by atoms with van der Waals surface area (Å²) in [7, 11) is 1.61. The van der Waals surface area contributed by atoms with Crippen LogP contribution in [0, 0.1) is 5.92 Å². The molecule has 0 spiro atoms. The lowest BCUT2D eigenvalue weighted by Crippen LogP contribution is -2.28. The van der Waals surface area contributed by atoms with Gasteiger partial charge in [-0.2, -0.15) is 0 Å². The van der Waals surface area contributed by atoms with E-state index >= 15 is 0 Å². The Labute approximate surface area is 172 Å². The fourth-order valence-corrected chi connectivity index (χ4v) is 4.26. The number of nitrogens with zero attached hydrogens (tertiary/aromatic N) is 2. The first-order valence-corrected chi connectivity index (χ1v) is 10.2. The topological polar surface area (TPSA) is 80.8 Å². The third-order valence-electron chi connectivity index (χ3n) is 4.78. The smallest absolute Gasteiger partial charge is 0.231 e. The van der Waals surface area contributed by atoms with Gasteiger partial charge in [-0.3, -0.25) is 9.59 Å². The van der Waals surface area contributed by atoms with E-state index in [1.54, 1.807) is 12.0 Å². The molecule has 4 rings (SSSR count). The average molecular weight is 411 g/mol. The van der Waals surface area contributed by atoms with Crippen molar-refractivity contribution in [2.45, 2.75) is 13.3 Å². The van der Waals surface area contributed by atoms with Crippen molar-refractivity contribution in [1.82, 2.24) is 4.98 Å². The molecule has 150 valence electrons. The number of carbonyl (C=O) groups excluding carboxylic acids is 2. The highest BCUT2D eigenvalue weighted by Gasteiger charge is 2.36. The van der Waals surface area contributed by atoms with Gasteiger partial charge in [0.25, 0.3) is 0 Å². The Bertz CT molecular complexity index is 1070. The quantitative estimate of drug-likeness (QED) is 0.669. The average Bonchev–Trinajstić information content (AvgIpc) is 3.30. The van der Waals surface area contributed by atoms with Crippen molar-refractivity contribution in [2.24, 2.45) is 5.92 Å². The zero-order valence-electron chi connectivity index (χ0n) is 16.2. The van der Waals surface area contributed by atoms with Gasteiger partial charge >= 0.3 is 0 Å². The molecule has 8 heteroatoms. The summed E-state index contributed by atoms with van der Waals surface area (Å²) in [6.07, 6.45) is 0.158. The number of amides is 2. The molecule has 1 saturated heterocycles. The maximum Gasteiger partial charge on any atom is 0.231 e. The Balaban J connectivity index is 1.48. The van der Waals surface area contributed by atoms with E-state index in [4.69, 9.17) is 9.47 Å². The number of benzene rings is 2. The normalized spacial score (nSPS) is 16.3. The molecular formula is C21H21N3O4S. The highest BCUT2D eigenvalue weighted by molar-refractivity contribution is 7.22. The molecule has 0 aliphatic carbocycles. The number of hydrogen-bond acceptors (Lipinski definition) is 6. The van der Waals surface area contributed by atoms with E-state index < -0.39 is 5.92 Å². The third kappa shape index (κ3) is 3.88. The summed E-state index contributed by atoms with van der Waals surface area (Å²) in [5.74, 6) is 0.638. The van der Waals surface area contributed by atoms with Gasteiger partial charge in [-0.15, -0.1) is 0 Å². The van der Waals surface area contributed by atoms with Gasteiger partial charge in [-0.05, 0) is 37.3 Å². The van der Waals surface area contributed by atoms with Gasteiger partial charge in [0, 0.05) is 13.0 Å². The summed E-state index contributed by atoms with van der Waals surface area (Å²) >= 11 is 1.38. The number of ether oxygens (including phenoxy) is 2. The Morgan fingerprint density at radius 3 is 2.93 bits per heavy atom. The first-order valence-electron chi connectivity index (χ1n) is 9.36. The fraction of sp³-hybridized carbons (Fsp3) is 0.286. The molecule has 1 aromatic heterocycles. The largest absolute Gasteiger partial charge is 0.497 e. The molecule has 1 aliphatic heterocycles. The second kappa shape index (κ2) is 8.08. The van der Waals surface area contributed by atoms with Crippen molar-refractivity contribution < 1.29 is 19.1 Å². The van der Waals surface area contributed by atoms with Crippen molar-refractivity contribution in [3.63, 3.8) is 0 Å². The third-order valence-corrected chi connectivity index (χ3v) is 5.71. The van der Waals surface area contributed by atoms with Crippen molar-refractivity contribution >= 4 is 44.2 Å². The molecule has 0 bridgehead atoms. The number of carbonyl (C=O) groups is 2. The first-order chi connectivity index (χ1) is 14.1. The number of anilines is 2. The summed E-state index contributed by atoms with van der Waals surface area (Å²) in [6, 6.07) is 12.9. The van der Waals surface area contributed by atoms with Crippen molar-refractivity contribution in [1.29, 1.82) is 0 Å². The zero-order valence-corrected chi connectivity index (χ0v) is 17.0. The minimum atomic E-state index is -0.446. The van der Waals surface area contributed by atoms with Crippen molar-refractivity contribution in [3.05, 3.63) is 42.5 Å². The SMILES string of the molecule is CCOc1ccccc1N1CC(C(=O)Nc2nc3ccc(OC)cc3s2)CC1=O. The number of nitrogens with one attached hydrogen (secondary N) is 1. The number of methoxy groups -OCH3 is 1. The summed E-state index contributed by atoms with van der Waals surface area (Å²) in [6.45, 7) is 2.71. The Morgan fingerprint density at radius 1 is 1.31 bits per heavy atom. The highest BCUT2D eigenvalue weighted by atomic mass is 32.1. The molecule has 0 radical (unpaired) electrons. The van der Waals surface area contributed by atoms with Crippen LogP contribution in [-0.2, 0) is 9.59 Å². The molecule has 0 saturated carbocycles. The molecule has 2 heterocycles. The summed E-state index contributed by atoms with van der Waals surface area (Å²) in [5.41, 5.74) is 1.49. The van der Waals surface area contributed by atoms with Crippen LogP contribution in [0.5, 0.6) is 11.5 Å². The Kier molecular flexibility index (Phi) is 5.35. The molecule has 29 heavy (non-hydrogen) atoms. The van der Waals surface area contributed by atoms with Crippen molar-refractivity contribution in [3.8, 4) is 11.5 Å². The predicted molar refractivity (Wildman–Crippen MR) is 113 cm³/mol. The van der Waals surface area contributed by atoms with Crippen LogP contribution in [0.4, 0.5) is 10.8 Å². The second-order valence-corrected chi connectivity index (χ2v) is 7.68. The van der Waals surface area contributed by atoms with E-state index in [9.17, 15) is 9.59 Å². The van der Waals surface area contributed by atoms with Crippen LogP contribution in [0.2, 0.25) is 0 Å². The lowest BCUT2D eigenvalue weighted by atomic mass is 10.1. The minimum Gasteiger partial charge on any atom is -0.497 e. The van der Waals surface area contributed by atoms with Gasteiger partial charge in [-0.25, -0.2) is 4.98 Å². The predicted octanol–water partition coefficient (Wildman–Crippen LogP) is 3.70. The monoisotopic (exact) mass is 411 g/mol. The van der Waals surface area contributed by atoms with E-state index in [1.807, 2.05) is 49.4 Å². The molecular weight excluding hydrogens is 390 g/mol. The molecule has 1 fully saturated rings. The molecule has 1 aliphatic rings. The number of para-hydroxylation sites is 2. The number of hydrogen-bond donors (Lipinski definition) is 1. The van der Waals surface area contributed by atoms with Gasteiger partial charge in [0.2, 0.25) is 11.8 Å². The molecule has 7 nitrogen and oxygen atoms in total. The first kappa shape index (κ1) is 19.2. The van der Waals surface area contributed by atoms with E-state index in [1.165, 1.54) is 11.3 Å². The van der Waals surface area contributed by atoms with Gasteiger partial charge in [-0.1, -0.05) is 23.5 Å². The molecule has 1 atom stereocenters. The second-order valence-electron chi connectivity index (χ2n) is 6.65. The van der Waals surface area contributed by atoms with Gasteiger partial charge in [0.1, 0.15) is 11.5 Å². The standard InChI is InChI=1S/C21H21N3O4S/c1-3-28-17-7-5-4-6-16(17)24-12-13(10-19(24)25)20(26)23-21-22-15-9-8-14(27-2)11-18(15)29-21/h4-9,11,13H,3,10,12H2,1-2H3,(H,22,23,26).